The lowest BCUT2D eigenvalue weighted by Gasteiger charge is -2.45. The van der Waals surface area contributed by atoms with Crippen LogP contribution in [0.4, 0.5) is 10.5 Å². The Morgan fingerprint density at radius 2 is 1.70 bits per heavy atom. The van der Waals surface area contributed by atoms with Gasteiger partial charge in [0.15, 0.2) is 0 Å². The first-order valence-electron chi connectivity index (χ1n) is 29.6. The van der Waals surface area contributed by atoms with Crippen LogP contribution in [-0.4, -0.2) is 168 Å². The fourth-order valence-electron chi connectivity index (χ4n) is 13.9. The van der Waals surface area contributed by atoms with E-state index in [4.69, 9.17) is 14.5 Å². The number of anilines is 1. The molecule has 6 bridgehead atoms. The van der Waals surface area contributed by atoms with E-state index < -0.39 is 35.4 Å². The minimum Gasteiger partial charge on any atom is -0.464 e. The monoisotopic (exact) mass is 1090 g/mol. The van der Waals surface area contributed by atoms with Crippen LogP contribution in [0.3, 0.4) is 0 Å². The lowest BCUT2D eigenvalue weighted by molar-refractivity contribution is -0.155. The number of pyridine rings is 1. The van der Waals surface area contributed by atoms with Crippen molar-refractivity contribution in [1.82, 2.24) is 44.9 Å². The topological polar surface area (TPSA) is 165 Å². The summed E-state index contributed by atoms with van der Waals surface area (Å²) in [7, 11) is 3.41. The van der Waals surface area contributed by atoms with Gasteiger partial charge in [-0.2, -0.15) is 0 Å². The van der Waals surface area contributed by atoms with Gasteiger partial charge in [-0.25, -0.2) is 10.2 Å². The van der Waals surface area contributed by atoms with E-state index in [0.29, 0.717) is 64.6 Å². The molecule has 0 radical (unpaired) electrons. The predicted molar refractivity (Wildman–Crippen MR) is 311 cm³/mol. The van der Waals surface area contributed by atoms with Gasteiger partial charge < -0.3 is 39.0 Å². The van der Waals surface area contributed by atoms with E-state index in [9.17, 15) is 24.0 Å². The van der Waals surface area contributed by atoms with Crippen LogP contribution in [-0.2, 0) is 48.0 Å². The zero-order valence-electron chi connectivity index (χ0n) is 48.7. The van der Waals surface area contributed by atoms with Crippen LogP contribution in [0.15, 0.2) is 67.4 Å². The first-order chi connectivity index (χ1) is 38.4. The second kappa shape index (κ2) is 23.7. The second-order valence-electron chi connectivity index (χ2n) is 25.0. The molecule has 8 heterocycles. The molecular weight excluding hydrogens is 1010 g/mol. The van der Waals surface area contributed by atoms with Crippen LogP contribution < -0.4 is 15.6 Å². The molecule has 6 aliphatic rings. The molecular formula is C63H86N10O7. The van der Waals surface area contributed by atoms with Crippen LogP contribution in [0.1, 0.15) is 116 Å². The summed E-state index contributed by atoms with van der Waals surface area (Å²) in [6, 6.07) is 14.8. The van der Waals surface area contributed by atoms with Crippen molar-refractivity contribution in [2.24, 2.45) is 16.7 Å². The fourth-order valence-corrected chi connectivity index (χ4v) is 13.9. The molecule has 10 rings (SSSR count). The van der Waals surface area contributed by atoms with E-state index in [1.807, 2.05) is 42.0 Å². The standard InChI is InChI=1S/C63H86N10O7/c1-10-54(74)71-29-24-63(39-71)22-27-69(28-23-63)61(78)67(8)56(41(3)4)58(75)65-52-33-43-16-14-17-44(32-43)45-20-21-53-48(34-45)50(36-62(6,7)40-80-60(77)51-19-15-26-73(66-51)59(52)76)57(72(53)11-2)49-35-47(37-64-55(49)42(5)79-9)70-31-30-68-25-13-12-18-46(68)38-70/h10,14,16-17,20-21,32,34-35,37,41-42,46,51-52,56,66H,1,11-13,15,18-19,22-31,33,36,38-40H2,2-9H3,(H,65,75)/t42-,46+,51-,52-,56-/m0/s1. The van der Waals surface area contributed by atoms with Gasteiger partial charge in [-0.1, -0.05) is 71.0 Å². The first kappa shape index (κ1) is 57.0. The Hall–Kier alpha value is -6.30. The van der Waals surface area contributed by atoms with Crippen LogP contribution in [0, 0.1) is 16.7 Å². The Kier molecular flexibility index (Phi) is 16.8. The maximum absolute atomic E-state index is 15.0. The Labute approximate surface area is 473 Å². The van der Waals surface area contributed by atoms with Gasteiger partial charge in [-0.05, 0) is 130 Å². The zero-order valence-corrected chi connectivity index (χ0v) is 48.7. The average Bonchev–Trinajstić information content (AvgIpc) is 4.22. The number of urea groups is 1. The highest BCUT2D eigenvalue weighted by Crippen LogP contribution is 2.44. The molecule has 5 atom stereocenters. The summed E-state index contributed by atoms with van der Waals surface area (Å²) < 4.78 is 14.8. The van der Waals surface area contributed by atoms with Gasteiger partial charge in [0, 0.05) is 107 Å². The summed E-state index contributed by atoms with van der Waals surface area (Å²) in [4.78, 5) is 86.4. The quantitative estimate of drug-likeness (QED) is 0.117. The Morgan fingerprint density at radius 1 is 0.938 bits per heavy atom. The molecule has 80 heavy (non-hydrogen) atoms. The van der Waals surface area contributed by atoms with Gasteiger partial charge in [0.25, 0.3) is 5.91 Å². The van der Waals surface area contributed by atoms with E-state index in [1.54, 1.807) is 14.2 Å². The predicted octanol–water partition coefficient (Wildman–Crippen LogP) is 8.00. The number of amides is 5. The normalized spacial score (nSPS) is 23.3. The van der Waals surface area contributed by atoms with Crippen molar-refractivity contribution >= 4 is 46.3 Å². The molecule has 4 aromatic rings. The van der Waals surface area contributed by atoms with Gasteiger partial charge in [0.1, 0.15) is 18.1 Å². The number of hydrazine groups is 1. The van der Waals surface area contributed by atoms with Crippen LogP contribution in [0.25, 0.3) is 33.3 Å². The molecule has 17 nitrogen and oxygen atoms in total. The van der Waals surface area contributed by atoms with Crippen LogP contribution in [0.5, 0.6) is 0 Å². The van der Waals surface area contributed by atoms with E-state index in [1.165, 1.54) is 41.8 Å². The minimum atomic E-state index is -1.05. The van der Waals surface area contributed by atoms with Gasteiger partial charge in [-0.15, -0.1) is 0 Å². The SMILES string of the molecule is C=CC(=O)N1CCC2(CCN(C(=O)N(C)[C@H](C(=O)N[C@H]3Cc4cccc(c4)-c4ccc5c(c4)c(c(-c4cc(N6CCN7CCCC[C@@H]7C6)cnc4[C@H](C)OC)n5CC)CC(C)(C)COC(=O)[C@@H]4CCCN(N4)C3=O)C(C)C)CC2)C1. The summed E-state index contributed by atoms with van der Waals surface area (Å²) in [6.07, 6.45) is 11.0. The Morgan fingerprint density at radius 3 is 2.44 bits per heavy atom. The van der Waals surface area contributed by atoms with Crippen molar-refractivity contribution < 1.29 is 33.4 Å². The Bertz CT molecular complexity index is 2980. The molecule has 1 spiro atoms. The number of benzene rings is 2. The first-order valence-corrected chi connectivity index (χ1v) is 29.6. The zero-order chi connectivity index (χ0) is 56.6. The smallest absolute Gasteiger partial charge is 0.324 e. The molecule has 430 valence electrons. The number of aromatic nitrogens is 2. The van der Waals surface area contributed by atoms with Crippen molar-refractivity contribution in [2.75, 3.05) is 84.6 Å². The summed E-state index contributed by atoms with van der Waals surface area (Å²) in [5, 5.41) is 5.72. The van der Waals surface area contributed by atoms with Crippen molar-refractivity contribution in [3.05, 3.63) is 84.2 Å². The molecule has 5 amide bonds. The number of carbonyl (C=O) groups excluding carboxylic acids is 5. The number of aryl methyl sites for hydroxylation is 1. The number of esters is 1. The number of rotatable bonds is 10. The maximum Gasteiger partial charge on any atom is 0.324 e. The highest BCUT2D eigenvalue weighted by atomic mass is 16.5. The largest absolute Gasteiger partial charge is 0.464 e. The van der Waals surface area contributed by atoms with Crippen molar-refractivity contribution in [3.8, 4) is 22.4 Å². The van der Waals surface area contributed by atoms with Gasteiger partial charge in [0.05, 0.1) is 36.0 Å². The van der Waals surface area contributed by atoms with E-state index in [0.717, 1.165) is 94.7 Å². The number of hydrogen-bond acceptors (Lipinski definition) is 11. The molecule has 5 saturated heterocycles. The number of carbonyl (C=O) groups is 5. The summed E-state index contributed by atoms with van der Waals surface area (Å²) in [5.41, 5.74) is 11.8. The minimum absolute atomic E-state index is 0.0401. The number of likely N-dealkylation sites (N-methyl/N-ethyl adjacent to an activating group) is 1. The number of piperidine rings is 2. The molecule has 2 aromatic carbocycles. The third-order valence-corrected chi connectivity index (χ3v) is 18.5. The summed E-state index contributed by atoms with van der Waals surface area (Å²) in [5.74, 6) is -1.60. The molecule has 2 N–H and O–H groups in total. The summed E-state index contributed by atoms with van der Waals surface area (Å²) >= 11 is 0. The number of fused-ring (bicyclic) bond motifs is 7. The van der Waals surface area contributed by atoms with Crippen LogP contribution >= 0.6 is 0 Å². The fraction of sp³-hybridized carbons (Fsp3) is 0.587. The molecule has 0 aliphatic carbocycles. The maximum atomic E-state index is 15.0. The third-order valence-electron chi connectivity index (χ3n) is 18.5. The number of ether oxygens (including phenoxy) is 2. The van der Waals surface area contributed by atoms with Gasteiger partial charge >= 0.3 is 12.0 Å². The number of cyclic esters (lactones) is 1. The molecule has 0 saturated carbocycles. The highest BCUT2D eigenvalue weighted by molar-refractivity contribution is 5.96. The van der Waals surface area contributed by atoms with Crippen molar-refractivity contribution in [3.63, 3.8) is 0 Å². The number of methoxy groups -OCH3 is 1. The number of likely N-dealkylation sites (tertiary alicyclic amines) is 2. The molecule has 2 aromatic heterocycles. The third kappa shape index (κ3) is 11.6. The number of nitrogens with zero attached hydrogens (tertiary/aromatic N) is 8. The molecule has 6 aliphatic heterocycles. The molecule has 0 unspecified atom stereocenters. The number of piperazine rings is 1. The average molecular weight is 1100 g/mol. The van der Waals surface area contributed by atoms with Crippen molar-refractivity contribution in [1.29, 1.82) is 0 Å². The van der Waals surface area contributed by atoms with E-state index >= 15 is 0 Å². The number of nitrogens with one attached hydrogen (secondary N) is 2. The van der Waals surface area contributed by atoms with E-state index in [2.05, 4.69) is 95.8 Å². The summed E-state index contributed by atoms with van der Waals surface area (Å²) in [6.45, 7) is 23.7. The second-order valence-corrected chi connectivity index (χ2v) is 25.0. The molecule has 5 fully saturated rings. The Balaban J connectivity index is 0.988. The van der Waals surface area contributed by atoms with Gasteiger partial charge in [0.2, 0.25) is 11.8 Å². The van der Waals surface area contributed by atoms with Crippen LogP contribution in [0.2, 0.25) is 0 Å². The molecule has 17 heteroatoms. The van der Waals surface area contributed by atoms with Gasteiger partial charge in [-0.3, -0.25) is 34.1 Å². The highest BCUT2D eigenvalue weighted by Gasteiger charge is 2.45. The lowest BCUT2D eigenvalue weighted by Crippen LogP contribution is -2.62. The van der Waals surface area contributed by atoms with Crippen molar-refractivity contribution in [2.45, 2.75) is 143 Å². The van der Waals surface area contributed by atoms with E-state index in [-0.39, 0.29) is 48.3 Å². The number of hydrogen-bond donors (Lipinski definition) is 2. The lowest BCUT2D eigenvalue weighted by atomic mass is 9.78.